The van der Waals surface area contributed by atoms with Gasteiger partial charge in [-0.3, -0.25) is 4.90 Å². The van der Waals surface area contributed by atoms with E-state index in [1.165, 1.54) is 6.42 Å². The molecule has 4 atom stereocenters. The summed E-state index contributed by atoms with van der Waals surface area (Å²) in [6.45, 7) is 14.4. The molecule has 1 aliphatic rings. The van der Waals surface area contributed by atoms with Crippen molar-refractivity contribution in [3.8, 4) is 0 Å². The quantitative estimate of drug-likeness (QED) is 0.777. The fourth-order valence-electron chi connectivity index (χ4n) is 2.41. The highest BCUT2D eigenvalue weighted by atomic mass is 16.5. The van der Waals surface area contributed by atoms with Gasteiger partial charge < -0.3 is 10.1 Å². The van der Waals surface area contributed by atoms with E-state index in [1.54, 1.807) is 0 Å². The monoisotopic (exact) mass is 228 g/mol. The van der Waals surface area contributed by atoms with Crippen molar-refractivity contribution in [2.75, 3.05) is 19.6 Å². The SMILES string of the molecule is CCCNC(C)C(C)N1CC(C)OC(C)C1. The second-order valence-electron chi connectivity index (χ2n) is 5.19. The number of hydrogen-bond acceptors (Lipinski definition) is 3. The van der Waals surface area contributed by atoms with Crippen LogP contribution in [0.15, 0.2) is 0 Å². The second-order valence-corrected chi connectivity index (χ2v) is 5.19. The van der Waals surface area contributed by atoms with Gasteiger partial charge in [-0.2, -0.15) is 0 Å². The second kappa shape index (κ2) is 6.58. The molecule has 1 N–H and O–H groups in total. The van der Waals surface area contributed by atoms with Gasteiger partial charge in [-0.25, -0.2) is 0 Å². The standard InChI is InChI=1S/C13H28N2O/c1-6-7-14-12(4)13(5)15-8-10(2)16-11(3)9-15/h10-14H,6-9H2,1-5H3. The molecule has 0 aromatic rings. The summed E-state index contributed by atoms with van der Waals surface area (Å²) in [6, 6.07) is 1.14. The molecule has 1 heterocycles. The van der Waals surface area contributed by atoms with Crippen LogP contribution in [0.1, 0.15) is 41.0 Å². The van der Waals surface area contributed by atoms with Crippen molar-refractivity contribution >= 4 is 0 Å². The Labute approximate surface area is 101 Å². The van der Waals surface area contributed by atoms with Crippen molar-refractivity contribution in [3.05, 3.63) is 0 Å². The Balaban J connectivity index is 2.42. The third-order valence-electron chi connectivity index (χ3n) is 3.46. The lowest BCUT2D eigenvalue weighted by atomic mass is 10.1. The molecular weight excluding hydrogens is 200 g/mol. The zero-order valence-corrected chi connectivity index (χ0v) is 11.5. The summed E-state index contributed by atoms with van der Waals surface area (Å²) < 4.78 is 5.77. The van der Waals surface area contributed by atoms with Crippen LogP contribution in [0.2, 0.25) is 0 Å². The zero-order valence-electron chi connectivity index (χ0n) is 11.5. The minimum Gasteiger partial charge on any atom is -0.373 e. The minimum atomic E-state index is 0.365. The van der Waals surface area contributed by atoms with Crippen molar-refractivity contribution in [2.24, 2.45) is 0 Å². The molecule has 0 radical (unpaired) electrons. The van der Waals surface area contributed by atoms with Crippen LogP contribution in [0, 0.1) is 0 Å². The first kappa shape index (κ1) is 13.9. The average molecular weight is 228 g/mol. The van der Waals surface area contributed by atoms with E-state index in [1.807, 2.05) is 0 Å². The third-order valence-corrected chi connectivity index (χ3v) is 3.46. The van der Waals surface area contributed by atoms with Gasteiger partial charge in [-0.05, 0) is 40.7 Å². The summed E-state index contributed by atoms with van der Waals surface area (Å²) in [6.07, 6.45) is 1.93. The number of nitrogens with zero attached hydrogens (tertiary/aromatic N) is 1. The molecule has 0 aromatic heterocycles. The number of ether oxygens (including phenoxy) is 1. The summed E-state index contributed by atoms with van der Waals surface area (Å²) in [5, 5.41) is 3.58. The van der Waals surface area contributed by atoms with Crippen LogP contribution in [0.25, 0.3) is 0 Å². The van der Waals surface area contributed by atoms with E-state index in [9.17, 15) is 0 Å². The molecule has 16 heavy (non-hydrogen) atoms. The van der Waals surface area contributed by atoms with Gasteiger partial charge in [0.2, 0.25) is 0 Å². The van der Waals surface area contributed by atoms with E-state index >= 15 is 0 Å². The molecule has 0 aliphatic carbocycles. The Hall–Kier alpha value is -0.120. The lowest BCUT2D eigenvalue weighted by Gasteiger charge is -2.41. The number of morpholine rings is 1. The van der Waals surface area contributed by atoms with Gasteiger partial charge in [0.15, 0.2) is 0 Å². The molecule has 0 bridgehead atoms. The normalized spacial score (nSPS) is 31.3. The highest BCUT2D eigenvalue weighted by molar-refractivity contribution is 4.83. The van der Waals surface area contributed by atoms with Crippen LogP contribution in [-0.2, 0) is 4.74 Å². The lowest BCUT2D eigenvalue weighted by molar-refractivity contribution is -0.0813. The molecule has 0 spiro atoms. The number of nitrogens with one attached hydrogen (secondary N) is 1. The highest BCUT2D eigenvalue weighted by Gasteiger charge is 2.27. The molecule has 3 heteroatoms. The Bertz CT molecular complexity index is 188. The van der Waals surface area contributed by atoms with E-state index in [2.05, 4.69) is 44.8 Å². The van der Waals surface area contributed by atoms with Crippen LogP contribution >= 0.6 is 0 Å². The maximum atomic E-state index is 5.77. The molecule has 1 fully saturated rings. The van der Waals surface area contributed by atoms with E-state index in [4.69, 9.17) is 4.74 Å². The molecule has 1 saturated heterocycles. The lowest BCUT2D eigenvalue weighted by Crippen LogP contribution is -2.54. The zero-order chi connectivity index (χ0) is 12.1. The molecule has 1 aliphatic heterocycles. The van der Waals surface area contributed by atoms with Crippen molar-refractivity contribution in [3.63, 3.8) is 0 Å². The van der Waals surface area contributed by atoms with Crippen LogP contribution < -0.4 is 5.32 Å². The van der Waals surface area contributed by atoms with Crippen LogP contribution in [0.3, 0.4) is 0 Å². The van der Waals surface area contributed by atoms with Gasteiger partial charge in [0.1, 0.15) is 0 Å². The van der Waals surface area contributed by atoms with Crippen LogP contribution in [0.5, 0.6) is 0 Å². The Morgan fingerprint density at radius 2 is 1.81 bits per heavy atom. The Morgan fingerprint density at radius 1 is 1.25 bits per heavy atom. The summed E-state index contributed by atoms with van der Waals surface area (Å²) in [5.41, 5.74) is 0. The average Bonchev–Trinajstić information content (AvgIpc) is 2.23. The molecule has 96 valence electrons. The summed E-state index contributed by atoms with van der Waals surface area (Å²) in [7, 11) is 0. The molecular formula is C13H28N2O. The summed E-state index contributed by atoms with van der Waals surface area (Å²) >= 11 is 0. The van der Waals surface area contributed by atoms with Crippen molar-refractivity contribution in [1.82, 2.24) is 10.2 Å². The van der Waals surface area contributed by atoms with E-state index in [0.717, 1.165) is 19.6 Å². The topological polar surface area (TPSA) is 24.5 Å². The Kier molecular flexibility index (Phi) is 5.73. The van der Waals surface area contributed by atoms with Crippen LogP contribution in [0.4, 0.5) is 0 Å². The van der Waals surface area contributed by atoms with Gasteiger partial charge in [0, 0.05) is 25.2 Å². The van der Waals surface area contributed by atoms with Crippen molar-refractivity contribution < 1.29 is 4.74 Å². The van der Waals surface area contributed by atoms with E-state index < -0.39 is 0 Å². The fraction of sp³-hybridized carbons (Fsp3) is 1.00. The van der Waals surface area contributed by atoms with Crippen molar-refractivity contribution in [2.45, 2.75) is 65.3 Å². The molecule has 3 nitrogen and oxygen atoms in total. The highest BCUT2D eigenvalue weighted by Crippen LogP contribution is 2.15. The van der Waals surface area contributed by atoms with E-state index in [0.29, 0.717) is 24.3 Å². The fourth-order valence-corrected chi connectivity index (χ4v) is 2.41. The first-order valence-corrected chi connectivity index (χ1v) is 6.67. The molecule has 4 unspecified atom stereocenters. The molecule has 1 rings (SSSR count). The Morgan fingerprint density at radius 3 is 2.31 bits per heavy atom. The maximum absolute atomic E-state index is 5.77. The molecule has 0 aromatic carbocycles. The number of hydrogen-bond donors (Lipinski definition) is 1. The number of rotatable bonds is 5. The first-order valence-electron chi connectivity index (χ1n) is 6.67. The summed E-state index contributed by atoms with van der Waals surface area (Å²) in [5.74, 6) is 0. The molecule has 0 amide bonds. The predicted octanol–water partition coefficient (Wildman–Crippen LogP) is 1.87. The third kappa shape index (κ3) is 4.04. The predicted molar refractivity (Wildman–Crippen MR) is 68.8 cm³/mol. The van der Waals surface area contributed by atoms with Gasteiger partial charge in [-0.15, -0.1) is 0 Å². The van der Waals surface area contributed by atoms with Crippen molar-refractivity contribution in [1.29, 1.82) is 0 Å². The largest absolute Gasteiger partial charge is 0.373 e. The van der Waals surface area contributed by atoms with Gasteiger partial charge in [0.25, 0.3) is 0 Å². The van der Waals surface area contributed by atoms with Gasteiger partial charge in [0.05, 0.1) is 12.2 Å². The van der Waals surface area contributed by atoms with E-state index in [-0.39, 0.29) is 0 Å². The smallest absolute Gasteiger partial charge is 0.0678 e. The van der Waals surface area contributed by atoms with Gasteiger partial charge in [-0.1, -0.05) is 6.92 Å². The molecule has 0 saturated carbocycles. The summed E-state index contributed by atoms with van der Waals surface area (Å²) in [4.78, 5) is 2.55. The minimum absolute atomic E-state index is 0.365. The van der Waals surface area contributed by atoms with Crippen LogP contribution in [-0.4, -0.2) is 48.8 Å². The maximum Gasteiger partial charge on any atom is 0.0678 e. The van der Waals surface area contributed by atoms with Gasteiger partial charge >= 0.3 is 0 Å². The first-order chi connectivity index (χ1) is 7.54.